The molecule has 2 nitrogen and oxygen atoms in total. The van der Waals surface area contributed by atoms with Crippen molar-refractivity contribution >= 4 is 5.69 Å². The number of anilines is 1. The summed E-state index contributed by atoms with van der Waals surface area (Å²) in [6.07, 6.45) is -3.46. The average Bonchev–Trinajstić information content (AvgIpc) is 2.61. The van der Waals surface area contributed by atoms with Crippen molar-refractivity contribution in [1.29, 1.82) is 0 Å². The minimum atomic E-state index is -4.29. The zero-order chi connectivity index (χ0) is 10.9. The van der Waals surface area contributed by atoms with Gasteiger partial charge in [-0.15, -0.1) is 0 Å². The highest BCUT2D eigenvalue weighted by atomic mass is 19.4. The van der Waals surface area contributed by atoms with Crippen molar-refractivity contribution in [2.45, 2.75) is 12.6 Å². The van der Waals surface area contributed by atoms with Gasteiger partial charge in [-0.3, -0.25) is 0 Å². The van der Waals surface area contributed by atoms with Gasteiger partial charge in [-0.25, -0.2) is 0 Å². The molecule has 1 N–H and O–H groups in total. The van der Waals surface area contributed by atoms with E-state index in [9.17, 15) is 13.2 Å². The molecule has 82 valence electrons. The summed E-state index contributed by atoms with van der Waals surface area (Å²) in [5.41, 5.74) is 1.71. The molecule has 0 saturated heterocycles. The summed E-state index contributed by atoms with van der Waals surface area (Å²) in [6.45, 7) is -0.493. The first-order chi connectivity index (χ1) is 7.06. The van der Waals surface area contributed by atoms with Gasteiger partial charge >= 0.3 is 6.18 Å². The van der Waals surface area contributed by atoms with E-state index < -0.39 is 12.8 Å². The second kappa shape index (κ2) is 3.64. The van der Waals surface area contributed by atoms with Gasteiger partial charge < -0.3 is 10.1 Å². The van der Waals surface area contributed by atoms with Crippen molar-refractivity contribution in [3.05, 3.63) is 23.8 Å². The minimum Gasteiger partial charge on any atom is -0.482 e. The molecular formula is C10H10F3NO. The summed E-state index contributed by atoms with van der Waals surface area (Å²) in [7, 11) is 0. The van der Waals surface area contributed by atoms with E-state index in [0.29, 0.717) is 5.69 Å². The highest BCUT2D eigenvalue weighted by Gasteiger charge is 2.29. The minimum absolute atomic E-state index is 0.280. The highest BCUT2D eigenvalue weighted by molar-refractivity contribution is 5.65. The number of ether oxygens (including phenoxy) is 1. The summed E-state index contributed by atoms with van der Waals surface area (Å²) >= 11 is 0. The Kier molecular flexibility index (Phi) is 2.46. The third-order valence-electron chi connectivity index (χ3n) is 2.20. The van der Waals surface area contributed by atoms with Crippen LogP contribution in [0.3, 0.4) is 0 Å². The molecule has 1 aliphatic rings. The molecule has 0 unspecified atom stereocenters. The van der Waals surface area contributed by atoms with Gasteiger partial charge in [-0.1, -0.05) is 12.1 Å². The van der Waals surface area contributed by atoms with Crippen LogP contribution in [0.4, 0.5) is 18.9 Å². The molecule has 15 heavy (non-hydrogen) atoms. The van der Waals surface area contributed by atoms with Crippen LogP contribution >= 0.6 is 0 Å². The molecule has 0 spiro atoms. The summed E-state index contributed by atoms with van der Waals surface area (Å²) in [4.78, 5) is 0. The quantitative estimate of drug-likeness (QED) is 0.822. The number of alkyl halides is 3. The predicted molar refractivity (Wildman–Crippen MR) is 50.2 cm³/mol. The van der Waals surface area contributed by atoms with Crippen molar-refractivity contribution in [3.8, 4) is 5.75 Å². The summed E-state index contributed by atoms with van der Waals surface area (Å²) < 4.78 is 40.6. The standard InChI is InChI=1S/C10H10F3NO/c11-10(12,13)6-15-8-3-1-2-7-4-5-14-9(7)8/h1-3,14H,4-6H2. The fraction of sp³-hybridized carbons (Fsp3) is 0.400. The van der Waals surface area contributed by atoms with Crippen molar-refractivity contribution in [3.63, 3.8) is 0 Å². The fourth-order valence-electron chi connectivity index (χ4n) is 1.59. The Morgan fingerprint density at radius 2 is 2.13 bits per heavy atom. The molecule has 0 fully saturated rings. The lowest BCUT2D eigenvalue weighted by Gasteiger charge is -2.12. The number of hydrogen-bond acceptors (Lipinski definition) is 2. The van der Waals surface area contributed by atoms with Crippen LogP contribution in [-0.4, -0.2) is 19.3 Å². The number of fused-ring (bicyclic) bond motifs is 1. The number of benzene rings is 1. The van der Waals surface area contributed by atoms with Gasteiger partial charge in [0, 0.05) is 6.54 Å². The second-order valence-corrected chi connectivity index (χ2v) is 3.37. The molecule has 0 atom stereocenters. The smallest absolute Gasteiger partial charge is 0.422 e. The Bertz CT molecular complexity index is 362. The van der Waals surface area contributed by atoms with Crippen molar-refractivity contribution in [2.24, 2.45) is 0 Å². The molecular weight excluding hydrogens is 207 g/mol. The Hall–Kier alpha value is -1.39. The molecule has 1 aromatic carbocycles. The van der Waals surface area contributed by atoms with E-state index >= 15 is 0 Å². The van der Waals surface area contributed by atoms with E-state index in [4.69, 9.17) is 4.74 Å². The summed E-state index contributed by atoms with van der Waals surface area (Å²) in [6, 6.07) is 5.14. The maximum atomic E-state index is 11.9. The van der Waals surface area contributed by atoms with Crippen LogP contribution in [0.2, 0.25) is 0 Å². The molecule has 1 aromatic rings. The molecule has 0 saturated carbocycles. The monoisotopic (exact) mass is 217 g/mol. The second-order valence-electron chi connectivity index (χ2n) is 3.37. The third-order valence-corrected chi connectivity index (χ3v) is 2.20. The predicted octanol–water partition coefficient (Wildman–Crippen LogP) is 2.60. The van der Waals surface area contributed by atoms with Gasteiger partial charge in [0.15, 0.2) is 6.61 Å². The van der Waals surface area contributed by atoms with Crippen LogP contribution in [0.1, 0.15) is 5.56 Å². The van der Waals surface area contributed by atoms with Gasteiger partial charge in [0.05, 0.1) is 5.69 Å². The molecule has 5 heteroatoms. The van der Waals surface area contributed by atoms with Gasteiger partial charge in [0.2, 0.25) is 0 Å². The maximum Gasteiger partial charge on any atom is 0.422 e. The number of nitrogens with one attached hydrogen (secondary N) is 1. The lowest BCUT2D eigenvalue weighted by Crippen LogP contribution is -2.19. The largest absolute Gasteiger partial charge is 0.482 e. The van der Waals surface area contributed by atoms with Crippen LogP contribution < -0.4 is 10.1 Å². The van der Waals surface area contributed by atoms with Crippen LogP contribution in [-0.2, 0) is 6.42 Å². The lowest BCUT2D eigenvalue weighted by atomic mass is 10.1. The van der Waals surface area contributed by atoms with Crippen LogP contribution in [0.15, 0.2) is 18.2 Å². The normalized spacial score (nSPS) is 14.6. The molecule has 0 amide bonds. The van der Waals surface area contributed by atoms with Crippen molar-refractivity contribution in [2.75, 3.05) is 18.5 Å². The molecule has 1 heterocycles. The number of halogens is 3. The lowest BCUT2D eigenvalue weighted by molar-refractivity contribution is -0.153. The molecule has 1 aliphatic heterocycles. The summed E-state index contributed by atoms with van der Waals surface area (Å²) in [5.74, 6) is 0.280. The van der Waals surface area contributed by atoms with E-state index in [1.807, 2.05) is 6.07 Å². The Labute approximate surface area is 85.0 Å². The van der Waals surface area contributed by atoms with Crippen LogP contribution in [0.5, 0.6) is 5.75 Å². The topological polar surface area (TPSA) is 21.3 Å². The Morgan fingerprint density at radius 1 is 1.33 bits per heavy atom. The SMILES string of the molecule is FC(F)(F)COc1cccc2c1NCC2. The third kappa shape index (κ3) is 2.34. The summed E-state index contributed by atoms with van der Waals surface area (Å²) in [5, 5.41) is 3.01. The van der Waals surface area contributed by atoms with Gasteiger partial charge in [0.1, 0.15) is 5.75 Å². The van der Waals surface area contributed by atoms with E-state index in [1.165, 1.54) is 0 Å². The van der Waals surface area contributed by atoms with Crippen molar-refractivity contribution < 1.29 is 17.9 Å². The first-order valence-corrected chi connectivity index (χ1v) is 4.61. The molecule has 2 rings (SSSR count). The molecule has 0 aliphatic carbocycles. The van der Waals surface area contributed by atoms with E-state index in [-0.39, 0.29) is 5.75 Å². The number of rotatable bonds is 2. The number of hydrogen-bond donors (Lipinski definition) is 1. The molecule has 0 bridgehead atoms. The molecule has 0 aromatic heterocycles. The first-order valence-electron chi connectivity index (χ1n) is 4.61. The van der Waals surface area contributed by atoms with Gasteiger partial charge in [0.25, 0.3) is 0 Å². The number of para-hydroxylation sites is 1. The van der Waals surface area contributed by atoms with Crippen LogP contribution in [0.25, 0.3) is 0 Å². The zero-order valence-corrected chi connectivity index (χ0v) is 7.90. The van der Waals surface area contributed by atoms with Gasteiger partial charge in [-0.2, -0.15) is 13.2 Å². The zero-order valence-electron chi connectivity index (χ0n) is 7.90. The molecule has 0 radical (unpaired) electrons. The fourth-order valence-corrected chi connectivity index (χ4v) is 1.59. The Morgan fingerprint density at radius 3 is 2.87 bits per heavy atom. The van der Waals surface area contributed by atoms with Crippen molar-refractivity contribution in [1.82, 2.24) is 0 Å². The average molecular weight is 217 g/mol. The van der Waals surface area contributed by atoms with Crippen LogP contribution in [0, 0.1) is 0 Å². The highest BCUT2D eigenvalue weighted by Crippen LogP contribution is 2.33. The Balaban J connectivity index is 2.12. The van der Waals surface area contributed by atoms with Gasteiger partial charge in [-0.05, 0) is 18.1 Å². The van der Waals surface area contributed by atoms with E-state index in [0.717, 1.165) is 18.5 Å². The first kappa shape index (κ1) is 10.1. The van der Waals surface area contributed by atoms with E-state index in [2.05, 4.69) is 5.32 Å². The maximum absolute atomic E-state index is 11.9. The van der Waals surface area contributed by atoms with E-state index in [1.54, 1.807) is 12.1 Å².